The zero-order valence-electron chi connectivity index (χ0n) is 12.9. The van der Waals surface area contributed by atoms with Crippen LogP contribution in [0.3, 0.4) is 0 Å². The average Bonchev–Trinajstić information content (AvgIpc) is 2.90. The molecular weight excluding hydrogens is 344 g/mol. The minimum absolute atomic E-state index is 0.0150. The molecule has 0 bridgehead atoms. The third-order valence-electron chi connectivity index (χ3n) is 4.03. The van der Waals surface area contributed by atoms with Crippen LogP contribution >= 0.6 is 0 Å². The number of hydrogen-bond acceptors (Lipinski definition) is 3. The van der Waals surface area contributed by atoms with Crippen LogP contribution in [0, 0.1) is 5.82 Å². The third-order valence-corrected chi connectivity index (χ3v) is 4.03. The van der Waals surface area contributed by atoms with Gasteiger partial charge in [0.2, 0.25) is 0 Å². The zero-order chi connectivity index (χ0) is 18.2. The molecule has 2 heterocycles. The van der Waals surface area contributed by atoms with Gasteiger partial charge in [0.05, 0.1) is 25.2 Å². The van der Waals surface area contributed by atoms with E-state index in [1.165, 1.54) is 15.6 Å². The lowest BCUT2D eigenvalue weighted by Gasteiger charge is -2.23. The van der Waals surface area contributed by atoms with Crippen LogP contribution in [-0.4, -0.2) is 43.8 Å². The minimum atomic E-state index is -4.45. The molecule has 3 rings (SSSR count). The summed E-state index contributed by atoms with van der Waals surface area (Å²) < 4.78 is 52.9. The molecule has 0 radical (unpaired) electrons. The van der Waals surface area contributed by atoms with Gasteiger partial charge in [-0.1, -0.05) is 11.3 Å². The fraction of sp³-hybridized carbons (Fsp3) is 0.400. The van der Waals surface area contributed by atoms with Crippen LogP contribution in [0.4, 0.5) is 22.4 Å². The van der Waals surface area contributed by atoms with Crippen LogP contribution < -0.4 is 0 Å². The highest BCUT2D eigenvalue weighted by atomic mass is 19.4. The first kappa shape index (κ1) is 17.2. The Balaban J connectivity index is 1.86. The standard InChI is InChI=1S/C15H14F4N4O2/c16-11-2-1-9(10(5-11)6-15(17,18)19)7-23-13-3-4-22(14(24)25)8-12(13)20-21-23/h1-2,5H,3-4,6-8H2,(H,24,25). The van der Waals surface area contributed by atoms with E-state index < -0.39 is 24.5 Å². The van der Waals surface area contributed by atoms with Crippen molar-refractivity contribution in [3.8, 4) is 0 Å². The molecule has 1 aromatic heterocycles. The molecule has 0 fully saturated rings. The second-order valence-electron chi connectivity index (χ2n) is 5.80. The van der Waals surface area contributed by atoms with Gasteiger partial charge in [0.15, 0.2) is 0 Å². The van der Waals surface area contributed by atoms with Crippen LogP contribution in [0.15, 0.2) is 18.2 Å². The van der Waals surface area contributed by atoms with Crippen molar-refractivity contribution in [3.05, 3.63) is 46.5 Å². The van der Waals surface area contributed by atoms with Gasteiger partial charge in [-0.25, -0.2) is 13.9 Å². The monoisotopic (exact) mass is 358 g/mol. The largest absolute Gasteiger partial charge is 0.465 e. The normalized spacial score (nSPS) is 14.5. The predicted molar refractivity (Wildman–Crippen MR) is 77.4 cm³/mol. The molecule has 1 N–H and O–H groups in total. The van der Waals surface area contributed by atoms with E-state index in [9.17, 15) is 22.4 Å². The van der Waals surface area contributed by atoms with Crippen molar-refractivity contribution in [3.63, 3.8) is 0 Å². The molecule has 0 atom stereocenters. The van der Waals surface area contributed by atoms with E-state index in [4.69, 9.17) is 5.11 Å². The van der Waals surface area contributed by atoms with Crippen molar-refractivity contribution in [2.24, 2.45) is 0 Å². The van der Waals surface area contributed by atoms with E-state index in [0.717, 1.165) is 12.1 Å². The summed E-state index contributed by atoms with van der Waals surface area (Å²) in [4.78, 5) is 12.2. The second-order valence-corrected chi connectivity index (χ2v) is 5.80. The van der Waals surface area contributed by atoms with Gasteiger partial charge in [0.1, 0.15) is 11.5 Å². The van der Waals surface area contributed by atoms with Crippen molar-refractivity contribution in [2.45, 2.75) is 32.1 Å². The highest BCUT2D eigenvalue weighted by Crippen LogP contribution is 2.25. The highest BCUT2D eigenvalue weighted by Gasteiger charge is 2.30. The first-order valence-corrected chi connectivity index (χ1v) is 7.46. The lowest BCUT2D eigenvalue weighted by Crippen LogP contribution is -2.35. The van der Waals surface area contributed by atoms with Crippen LogP contribution in [0.1, 0.15) is 22.5 Å². The van der Waals surface area contributed by atoms with Crippen molar-refractivity contribution >= 4 is 6.09 Å². The van der Waals surface area contributed by atoms with Gasteiger partial charge < -0.3 is 10.0 Å². The molecule has 10 heteroatoms. The first-order valence-electron chi connectivity index (χ1n) is 7.46. The van der Waals surface area contributed by atoms with Crippen molar-refractivity contribution in [2.75, 3.05) is 6.54 Å². The Morgan fingerprint density at radius 2 is 2.04 bits per heavy atom. The fourth-order valence-corrected chi connectivity index (χ4v) is 2.85. The van der Waals surface area contributed by atoms with Crippen LogP contribution in [0.25, 0.3) is 0 Å². The summed E-state index contributed by atoms with van der Waals surface area (Å²) in [7, 11) is 0. The van der Waals surface area contributed by atoms with E-state index in [0.29, 0.717) is 23.4 Å². The topological polar surface area (TPSA) is 71.2 Å². The van der Waals surface area contributed by atoms with E-state index in [-0.39, 0.29) is 25.2 Å². The predicted octanol–water partition coefficient (Wildman–Crippen LogP) is 2.61. The van der Waals surface area contributed by atoms with Gasteiger partial charge in [-0.2, -0.15) is 13.2 Å². The van der Waals surface area contributed by atoms with Gasteiger partial charge in [-0.15, -0.1) is 5.10 Å². The number of benzene rings is 1. The Hall–Kier alpha value is -2.65. The number of rotatable bonds is 3. The number of halogens is 4. The molecular formula is C15H14F4N4O2. The van der Waals surface area contributed by atoms with E-state index in [1.54, 1.807) is 0 Å². The summed E-state index contributed by atoms with van der Waals surface area (Å²) in [5.74, 6) is -0.735. The Morgan fingerprint density at radius 1 is 1.28 bits per heavy atom. The number of fused-ring (bicyclic) bond motifs is 1. The number of hydrogen-bond donors (Lipinski definition) is 1. The molecule has 1 aromatic carbocycles. The number of carboxylic acid groups (broad SMARTS) is 1. The molecule has 1 amide bonds. The summed E-state index contributed by atoms with van der Waals surface area (Å²) in [6.45, 7) is 0.360. The summed E-state index contributed by atoms with van der Waals surface area (Å²) in [5.41, 5.74) is 1.31. The number of alkyl halides is 3. The number of nitrogens with zero attached hydrogens (tertiary/aromatic N) is 4. The van der Waals surface area contributed by atoms with Gasteiger partial charge in [0.25, 0.3) is 0 Å². The van der Waals surface area contributed by atoms with E-state index in [2.05, 4.69) is 10.3 Å². The Morgan fingerprint density at radius 3 is 2.72 bits per heavy atom. The molecule has 6 nitrogen and oxygen atoms in total. The highest BCUT2D eigenvalue weighted by molar-refractivity contribution is 5.65. The maximum atomic E-state index is 13.3. The maximum Gasteiger partial charge on any atom is 0.407 e. The van der Waals surface area contributed by atoms with Gasteiger partial charge >= 0.3 is 12.3 Å². The Labute approximate surface area is 139 Å². The SMILES string of the molecule is O=C(O)N1CCc2c(nnn2Cc2ccc(F)cc2CC(F)(F)F)C1. The summed E-state index contributed by atoms with van der Waals surface area (Å²) >= 11 is 0. The lowest BCUT2D eigenvalue weighted by molar-refractivity contribution is -0.127. The van der Waals surface area contributed by atoms with Crippen LogP contribution in [-0.2, 0) is 25.9 Å². The van der Waals surface area contributed by atoms with Crippen LogP contribution in [0.2, 0.25) is 0 Å². The zero-order valence-corrected chi connectivity index (χ0v) is 12.9. The average molecular weight is 358 g/mol. The number of aromatic nitrogens is 3. The molecule has 0 spiro atoms. The number of carbonyl (C=O) groups is 1. The molecule has 2 aromatic rings. The molecule has 25 heavy (non-hydrogen) atoms. The molecule has 0 unspecified atom stereocenters. The Kier molecular flexibility index (Phi) is 4.36. The van der Waals surface area contributed by atoms with E-state index in [1.807, 2.05) is 0 Å². The third kappa shape index (κ3) is 3.89. The Bertz CT molecular complexity index is 803. The molecule has 0 saturated carbocycles. The minimum Gasteiger partial charge on any atom is -0.465 e. The van der Waals surface area contributed by atoms with Crippen molar-refractivity contribution in [1.82, 2.24) is 19.9 Å². The van der Waals surface area contributed by atoms with Gasteiger partial charge in [-0.3, -0.25) is 0 Å². The molecule has 1 aliphatic rings. The van der Waals surface area contributed by atoms with Crippen molar-refractivity contribution in [1.29, 1.82) is 0 Å². The lowest BCUT2D eigenvalue weighted by atomic mass is 10.0. The van der Waals surface area contributed by atoms with Gasteiger partial charge in [-0.05, 0) is 23.3 Å². The quantitative estimate of drug-likeness (QED) is 0.857. The fourth-order valence-electron chi connectivity index (χ4n) is 2.85. The number of amides is 1. The molecule has 1 aliphatic heterocycles. The molecule has 0 saturated heterocycles. The second kappa shape index (κ2) is 6.34. The first-order chi connectivity index (χ1) is 11.7. The summed E-state index contributed by atoms with van der Waals surface area (Å²) in [6.07, 6.45) is -6.38. The molecule has 0 aliphatic carbocycles. The summed E-state index contributed by atoms with van der Waals surface area (Å²) in [6, 6.07) is 3.28. The van der Waals surface area contributed by atoms with Crippen molar-refractivity contribution < 1.29 is 27.5 Å². The maximum absolute atomic E-state index is 13.3. The van der Waals surface area contributed by atoms with Crippen LogP contribution in [0.5, 0.6) is 0 Å². The summed E-state index contributed by atoms with van der Waals surface area (Å²) in [5, 5.41) is 16.8. The molecule has 134 valence electrons. The van der Waals surface area contributed by atoms with Gasteiger partial charge in [0, 0.05) is 13.0 Å². The van der Waals surface area contributed by atoms with E-state index >= 15 is 0 Å². The smallest absolute Gasteiger partial charge is 0.407 e.